The van der Waals surface area contributed by atoms with Gasteiger partial charge in [-0.3, -0.25) is 14.9 Å². The van der Waals surface area contributed by atoms with Gasteiger partial charge in [-0.2, -0.15) is 0 Å². The Hall–Kier alpha value is -2.81. The predicted octanol–water partition coefficient (Wildman–Crippen LogP) is 1.84. The van der Waals surface area contributed by atoms with E-state index in [4.69, 9.17) is 9.94 Å². The van der Waals surface area contributed by atoms with Crippen LogP contribution in [0.25, 0.3) is 6.08 Å². The maximum atomic E-state index is 11.4. The van der Waals surface area contributed by atoms with Crippen LogP contribution in [0.1, 0.15) is 22.8 Å². The van der Waals surface area contributed by atoms with Crippen molar-refractivity contribution in [3.63, 3.8) is 0 Å². The first kappa shape index (κ1) is 20.9. The second-order valence-corrected chi connectivity index (χ2v) is 6.73. The molecule has 2 aromatic rings. The summed E-state index contributed by atoms with van der Waals surface area (Å²) in [5.41, 5.74) is 2.98. The average molecular weight is 397 g/mol. The standard InChI is InChI=1S/C21H27N5O3/c1-2-29-16-19(9-8-17-6-4-3-5-7-17)25-10-12-26(13-11-25)21-22-14-18(15-23-21)20(27)24-28/h3-9,14-15,19,28H,2,10-13,16H2,1H3,(H,24,27)/b9-8+. The van der Waals surface area contributed by atoms with Gasteiger partial charge in [0, 0.05) is 45.2 Å². The van der Waals surface area contributed by atoms with Crippen molar-refractivity contribution in [3.8, 4) is 0 Å². The van der Waals surface area contributed by atoms with E-state index in [9.17, 15) is 4.79 Å². The van der Waals surface area contributed by atoms with Crippen LogP contribution < -0.4 is 10.4 Å². The Labute approximate surface area is 170 Å². The number of hydrogen-bond donors (Lipinski definition) is 2. The second kappa shape index (κ2) is 10.7. The molecule has 0 spiro atoms. The van der Waals surface area contributed by atoms with Gasteiger partial charge in [-0.1, -0.05) is 42.5 Å². The molecular weight excluding hydrogens is 370 g/mol. The van der Waals surface area contributed by atoms with E-state index in [-0.39, 0.29) is 11.6 Å². The Morgan fingerprint density at radius 2 is 1.90 bits per heavy atom. The van der Waals surface area contributed by atoms with Crippen molar-refractivity contribution < 1.29 is 14.7 Å². The first-order chi connectivity index (χ1) is 14.2. The third kappa shape index (κ3) is 5.83. The highest BCUT2D eigenvalue weighted by atomic mass is 16.5. The number of aromatic nitrogens is 2. The van der Waals surface area contributed by atoms with Gasteiger partial charge in [0.2, 0.25) is 5.95 Å². The summed E-state index contributed by atoms with van der Waals surface area (Å²) in [5, 5.41) is 8.68. The van der Waals surface area contributed by atoms with Gasteiger partial charge in [0.15, 0.2) is 0 Å². The van der Waals surface area contributed by atoms with E-state index in [1.54, 1.807) is 5.48 Å². The topological polar surface area (TPSA) is 90.8 Å². The number of ether oxygens (including phenoxy) is 1. The maximum absolute atomic E-state index is 11.4. The lowest BCUT2D eigenvalue weighted by molar-refractivity contribution is 0.0705. The normalized spacial score (nSPS) is 16.1. The second-order valence-electron chi connectivity index (χ2n) is 6.73. The van der Waals surface area contributed by atoms with Crippen LogP contribution in [0.5, 0.6) is 0 Å². The lowest BCUT2D eigenvalue weighted by atomic mass is 10.1. The molecule has 1 aliphatic heterocycles. The molecule has 0 aliphatic carbocycles. The van der Waals surface area contributed by atoms with E-state index < -0.39 is 5.91 Å². The quantitative estimate of drug-likeness (QED) is 0.519. The molecule has 1 fully saturated rings. The van der Waals surface area contributed by atoms with Gasteiger partial charge in [0.05, 0.1) is 18.2 Å². The van der Waals surface area contributed by atoms with Crippen molar-refractivity contribution >= 4 is 17.9 Å². The first-order valence-corrected chi connectivity index (χ1v) is 9.77. The number of nitrogens with one attached hydrogen (secondary N) is 1. The van der Waals surface area contributed by atoms with Gasteiger partial charge >= 0.3 is 0 Å². The first-order valence-electron chi connectivity index (χ1n) is 9.77. The number of benzene rings is 1. The Morgan fingerprint density at radius 1 is 1.21 bits per heavy atom. The molecule has 8 heteroatoms. The summed E-state index contributed by atoms with van der Waals surface area (Å²) in [6.07, 6.45) is 7.19. The number of nitrogens with zero attached hydrogens (tertiary/aromatic N) is 4. The maximum Gasteiger partial charge on any atom is 0.277 e. The van der Waals surface area contributed by atoms with E-state index in [2.05, 4.69) is 44.1 Å². The van der Waals surface area contributed by atoms with Crippen molar-refractivity contribution in [2.24, 2.45) is 0 Å². The summed E-state index contributed by atoms with van der Waals surface area (Å²) in [4.78, 5) is 24.4. The average Bonchev–Trinajstić information content (AvgIpc) is 2.79. The zero-order valence-corrected chi connectivity index (χ0v) is 16.6. The van der Waals surface area contributed by atoms with Crippen molar-refractivity contribution in [2.45, 2.75) is 13.0 Å². The van der Waals surface area contributed by atoms with Gasteiger partial charge in [-0.05, 0) is 12.5 Å². The van der Waals surface area contributed by atoms with E-state index in [1.165, 1.54) is 18.0 Å². The largest absolute Gasteiger partial charge is 0.380 e. The monoisotopic (exact) mass is 397 g/mol. The summed E-state index contributed by atoms with van der Waals surface area (Å²) in [7, 11) is 0. The number of rotatable bonds is 8. The third-order valence-corrected chi connectivity index (χ3v) is 4.87. The molecule has 1 aromatic carbocycles. The van der Waals surface area contributed by atoms with Crippen LogP contribution in [-0.4, -0.2) is 71.4 Å². The number of piperazine rings is 1. The van der Waals surface area contributed by atoms with Gasteiger partial charge in [-0.15, -0.1) is 0 Å². The molecule has 1 aromatic heterocycles. The fourth-order valence-electron chi connectivity index (χ4n) is 3.23. The lowest BCUT2D eigenvalue weighted by Gasteiger charge is -2.38. The molecule has 29 heavy (non-hydrogen) atoms. The van der Waals surface area contributed by atoms with Crippen molar-refractivity contribution in [2.75, 3.05) is 44.3 Å². The van der Waals surface area contributed by atoms with Crippen LogP contribution >= 0.6 is 0 Å². The fraction of sp³-hybridized carbons (Fsp3) is 0.381. The third-order valence-electron chi connectivity index (χ3n) is 4.87. The molecule has 1 unspecified atom stereocenters. The highest BCUT2D eigenvalue weighted by molar-refractivity contribution is 5.92. The van der Waals surface area contributed by atoms with Crippen LogP contribution in [0.4, 0.5) is 5.95 Å². The minimum absolute atomic E-state index is 0.203. The number of hydrogen-bond acceptors (Lipinski definition) is 7. The van der Waals surface area contributed by atoms with Gasteiger partial charge in [0.25, 0.3) is 5.91 Å². The zero-order valence-electron chi connectivity index (χ0n) is 16.6. The molecule has 1 amide bonds. The minimum Gasteiger partial charge on any atom is -0.380 e. The Balaban J connectivity index is 1.60. The molecule has 0 bridgehead atoms. The molecule has 3 rings (SSSR count). The van der Waals surface area contributed by atoms with Gasteiger partial charge in [-0.25, -0.2) is 15.4 Å². The summed E-state index contributed by atoms with van der Waals surface area (Å²) < 4.78 is 5.71. The highest BCUT2D eigenvalue weighted by Crippen LogP contribution is 2.15. The number of carbonyl (C=O) groups excluding carboxylic acids is 1. The SMILES string of the molecule is CCOCC(/C=C/c1ccccc1)N1CCN(c2ncc(C(=O)NO)cn2)CC1. The molecule has 154 valence electrons. The molecule has 2 N–H and O–H groups in total. The molecule has 1 aliphatic rings. The van der Waals surface area contributed by atoms with Crippen LogP contribution in [0.2, 0.25) is 0 Å². The molecule has 1 atom stereocenters. The van der Waals surface area contributed by atoms with Crippen LogP contribution in [0, 0.1) is 0 Å². The van der Waals surface area contributed by atoms with Crippen molar-refractivity contribution in [1.82, 2.24) is 20.3 Å². The zero-order chi connectivity index (χ0) is 20.5. The Morgan fingerprint density at radius 3 is 2.52 bits per heavy atom. The van der Waals surface area contributed by atoms with Gasteiger partial charge < -0.3 is 9.64 Å². The van der Waals surface area contributed by atoms with Crippen LogP contribution in [-0.2, 0) is 4.74 Å². The molecule has 8 nitrogen and oxygen atoms in total. The van der Waals surface area contributed by atoms with E-state index in [0.717, 1.165) is 26.2 Å². The van der Waals surface area contributed by atoms with Crippen molar-refractivity contribution in [1.29, 1.82) is 0 Å². The number of hydroxylamine groups is 1. The molecule has 0 saturated carbocycles. The number of anilines is 1. The summed E-state index contributed by atoms with van der Waals surface area (Å²) in [6, 6.07) is 10.5. The van der Waals surface area contributed by atoms with Crippen molar-refractivity contribution in [3.05, 3.63) is 59.9 Å². The van der Waals surface area contributed by atoms with Gasteiger partial charge in [0.1, 0.15) is 0 Å². The minimum atomic E-state index is -0.620. The highest BCUT2D eigenvalue weighted by Gasteiger charge is 2.24. The smallest absolute Gasteiger partial charge is 0.277 e. The molecule has 1 saturated heterocycles. The fourth-order valence-corrected chi connectivity index (χ4v) is 3.23. The van der Waals surface area contributed by atoms with E-state index >= 15 is 0 Å². The predicted molar refractivity (Wildman–Crippen MR) is 111 cm³/mol. The number of carbonyl (C=O) groups is 1. The van der Waals surface area contributed by atoms with Crippen LogP contribution in [0.15, 0.2) is 48.8 Å². The Bertz CT molecular complexity index is 790. The summed E-state index contributed by atoms with van der Waals surface area (Å²) in [6.45, 7) is 6.64. The Kier molecular flexibility index (Phi) is 7.69. The molecular formula is C21H27N5O3. The molecule has 2 heterocycles. The lowest BCUT2D eigenvalue weighted by Crippen LogP contribution is -2.51. The number of amides is 1. The van der Waals surface area contributed by atoms with Crippen LogP contribution in [0.3, 0.4) is 0 Å². The summed E-state index contributed by atoms with van der Waals surface area (Å²) in [5.74, 6) is -0.0364. The molecule has 0 radical (unpaired) electrons. The summed E-state index contributed by atoms with van der Waals surface area (Å²) >= 11 is 0. The van der Waals surface area contributed by atoms with E-state index in [1.807, 2.05) is 25.1 Å². The van der Waals surface area contributed by atoms with E-state index in [0.29, 0.717) is 19.2 Å².